The van der Waals surface area contributed by atoms with E-state index in [1.807, 2.05) is 20.1 Å². The second-order valence-corrected chi connectivity index (χ2v) is 9.71. The molecule has 1 saturated heterocycles. The number of amides is 1. The SMILES string of the molecule is CCN(CC)S(=O)(=O)c1ccc(N2CCCC2)c(NC(=O)c2cccnc2SC)c1. The molecule has 0 unspecified atom stereocenters. The Balaban J connectivity index is 2.02. The highest BCUT2D eigenvalue weighted by Crippen LogP contribution is 2.33. The van der Waals surface area contributed by atoms with E-state index in [1.165, 1.54) is 16.1 Å². The average molecular weight is 449 g/mol. The van der Waals surface area contributed by atoms with Crippen molar-refractivity contribution in [1.82, 2.24) is 9.29 Å². The van der Waals surface area contributed by atoms with Gasteiger partial charge in [0.25, 0.3) is 5.91 Å². The zero-order valence-electron chi connectivity index (χ0n) is 17.6. The molecule has 9 heteroatoms. The molecule has 1 aliphatic rings. The minimum Gasteiger partial charge on any atom is -0.370 e. The first-order chi connectivity index (χ1) is 14.4. The molecule has 0 aliphatic carbocycles. The summed E-state index contributed by atoms with van der Waals surface area (Å²) in [5.41, 5.74) is 1.81. The van der Waals surface area contributed by atoms with E-state index >= 15 is 0 Å². The van der Waals surface area contributed by atoms with Gasteiger partial charge in [0.15, 0.2) is 0 Å². The van der Waals surface area contributed by atoms with Crippen LogP contribution >= 0.6 is 11.8 Å². The number of hydrogen-bond acceptors (Lipinski definition) is 6. The summed E-state index contributed by atoms with van der Waals surface area (Å²) < 4.78 is 27.5. The number of rotatable bonds is 8. The highest BCUT2D eigenvalue weighted by Gasteiger charge is 2.25. The third-order valence-corrected chi connectivity index (χ3v) is 7.97. The topological polar surface area (TPSA) is 82.6 Å². The van der Waals surface area contributed by atoms with E-state index in [1.54, 1.807) is 36.5 Å². The van der Waals surface area contributed by atoms with E-state index in [4.69, 9.17) is 0 Å². The minimum absolute atomic E-state index is 0.181. The van der Waals surface area contributed by atoms with Crippen LogP contribution in [0.3, 0.4) is 0 Å². The highest BCUT2D eigenvalue weighted by atomic mass is 32.2. The highest BCUT2D eigenvalue weighted by molar-refractivity contribution is 7.98. The zero-order valence-corrected chi connectivity index (χ0v) is 19.2. The second kappa shape index (κ2) is 9.80. The maximum Gasteiger partial charge on any atom is 0.258 e. The van der Waals surface area contributed by atoms with Crippen LogP contribution < -0.4 is 10.2 Å². The molecule has 0 atom stereocenters. The molecule has 0 spiro atoms. The van der Waals surface area contributed by atoms with Crippen LogP contribution in [-0.4, -0.2) is 56.0 Å². The second-order valence-electron chi connectivity index (χ2n) is 6.98. The number of thioether (sulfide) groups is 1. The predicted molar refractivity (Wildman–Crippen MR) is 122 cm³/mol. The monoisotopic (exact) mass is 448 g/mol. The lowest BCUT2D eigenvalue weighted by Gasteiger charge is -2.24. The molecule has 0 radical (unpaired) electrons. The van der Waals surface area contributed by atoms with Gasteiger partial charge in [0.05, 0.1) is 21.8 Å². The van der Waals surface area contributed by atoms with Crippen molar-refractivity contribution in [3.05, 3.63) is 42.1 Å². The van der Waals surface area contributed by atoms with Gasteiger partial charge in [-0.1, -0.05) is 13.8 Å². The summed E-state index contributed by atoms with van der Waals surface area (Å²) in [6.07, 6.45) is 5.67. The molecule has 3 rings (SSSR count). The van der Waals surface area contributed by atoms with Gasteiger partial charge in [-0.05, 0) is 49.4 Å². The summed E-state index contributed by atoms with van der Waals surface area (Å²) >= 11 is 1.40. The van der Waals surface area contributed by atoms with E-state index in [0.717, 1.165) is 31.6 Å². The van der Waals surface area contributed by atoms with Crippen LogP contribution in [0, 0.1) is 0 Å². The molecule has 1 amide bonds. The van der Waals surface area contributed by atoms with Crippen molar-refractivity contribution in [2.24, 2.45) is 0 Å². The molecular formula is C21H28N4O3S2. The molecule has 30 heavy (non-hydrogen) atoms. The van der Waals surface area contributed by atoms with Crippen LogP contribution in [0.25, 0.3) is 0 Å². The zero-order chi connectivity index (χ0) is 21.7. The van der Waals surface area contributed by atoms with Crippen LogP contribution in [0.4, 0.5) is 11.4 Å². The van der Waals surface area contributed by atoms with E-state index in [9.17, 15) is 13.2 Å². The molecule has 162 valence electrons. The number of benzene rings is 1. The number of hydrogen-bond donors (Lipinski definition) is 1. The molecule has 1 fully saturated rings. The van der Waals surface area contributed by atoms with Gasteiger partial charge >= 0.3 is 0 Å². The van der Waals surface area contributed by atoms with E-state index in [-0.39, 0.29) is 10.8 Å². The third kappa shape index (κ3) is 4.63. The summed E-state index contributed by atoms with van der Waals surface area (Å²) in [7, 11) is -3.63. The fourth-order valence-corrected chi connectivity index (χ4v) is 5.67. The fourth-order valence-electron chi connectivity index (χ4n) is 3.64. The van der Waals surface area contributed by atoms with Crippen LogP contribution in [0.15, 0.2) is 46.5 Å². The Bertz CT molecular complexity index is 1000. The van der Waals surface area contributed by atoms with E-state index in [2.05, 4.69) is 15.2 Å². The molecular weight excluding hydrogens is 420 g/mol. The van der Waals surface area contributed by atoms with Gasteiger partial charge in [-0.15, -0.1) is 11.8 Å². The van der Waals surface area contributed by atoms with Crippen LogP contribution in [0.2, 0.25) is 0 Å². The average Bonchev–Trinajstić information content (AvgIpc) is 3.29. The van der Waals surface area contributed by atoms with Crippen molar-refractivity contribution in [2.45, 2.75) is 36.6 Å². The quantitative estimate of drug-likeness (QED) is 0.620. The first-order valence-corrected chi connectivity index (χ1v) is 12.8. The van der Waals surface area contributed by atoms with Gasteiger partial charge in [-0.3, -0.25) is 4.79 Å². The number of carbonyl (C=O) groups excluding carboxylic acids is 1. The standard InChI is InChI=1S/C21H28N4O3S2/c1-4-25(5-2)30(27,28)16-10-11-19(24-13-6-7-14-24)18(15-16)23-20(26)17-9-8-12-22-21(17)29-3/h8-12,15H,4-7,13-14H2,1-3H3,(H,23,26). The van der Waals surface area contributed by atoms with Crippen LogP contribution in [-0.2, 0) is 10.0 Å². The molecule has 2 heterocycles. The Morgan fingerprint density at radius 1 is 1.20 bits per heavy atom. The lowest BCUT2D eigenvalue weighted by Crippen LogP contribution is -2.31. The van der Waals surface area contributed by atoms with Gasteiger partial charge < -0.3 is 10.2 Å². The number of carbonyl (C=O) groups is 1. The van der Waals surface area contributed by atoms with Gasteiger partial charge in [-0.2, -0.15) is 4.31 Å². The molecule has 1 aliphatic heterocycles. The summed E-state index contributed by atoms with van der Waals surface area (Å²) in [6.45, 7) is 6.17. The molecule has 0 bridgehead atoms. The summed E-state index contributed by atoms with van der Waals surface area (Å²) in [5, 5.41) is 3.58. The Morgan fingerprint density at radius 2 is 1.90 bits per heavy atom. The van der Waals surface area contributed by atoms with Gasteiger partial charge in [0.1, 0.15) is 5.03 Å². The van der Waals surface area contributed by atoms with Crippen molar-refractivity contribution in [3.8, 4) is 0 Å². The molecule has 1 N–H and O–H groups in total. The molecule has 7 nitrogen and oxygen atoms in total. The van der Waals surface area contributed by atoms with E-state index in [0.29, 0.717) is 29.4 Å². The summed E-state index contributed by atoms with van der Waals surface area (Å²) in [6, 6.07) is 8.45. The third-order valence-electron chi connectivity index (χ3n) is 5.22. The number of aromatic nitrogens is 1. The number of pyridine rings is 1. The minimum atomic E-state index is -3.63. The maximum absolute atomic E-state index is 13.0. The van der Waals surface area contributed by atoms with Crippen molar-refractivity contribution < 1.29 is 13.2 Å². The van der Waals surface area contributed by atoms with Crippen molar-refractivity contribution in [1.29, 1.82) is 0 Å². The maximum atomic E-state index is 13.0. The molecule has 0 saturated carbocycles. The molecule has 1 aromatic carbocycles. The lowest BCUT2D eigenvalue weighted by molar-refractivity contribution is 0.102. The first kappa shape index (κ1) is 22.6. The predicted octanol–water partition coefficient (Wildman–Crippen LogP) is 3.69. The van der Waals surface area contributed by atoms with Gasteiger partial charge in [0.2, 0.25) is 10.0 Å². The Morgan fingerprint density at radius 3 is 2.53 bits per heavy atom. The molecule has 1 aromatic heterocycles. The number of sulfonamides is 1. The van der Waals surface area contributed by atoms with Crippen molar-refractivity contribution >= 4 is 39.1 Å². The Labute approximate surface area is 182 Å². The normalized spacial score (nSPS) is 14.3. The smallest absolute Gasteiger partial charge is 0.258 e. The Hall–Kier alpha value is -2.10. The fraction of sp³-hybridized carbons (Fsp3) is 0.429. The van der Waals surface area contributed by atoms with Gasteiger partial charge in [-0.25, -0.2) is 13.4 Å². The number of anilines is 2. The van der Waals surface area contributed by atoms with Crippen molar-refractivity contribution in [3.63, 3.8) is 0 Å². The van der Waals surface area contributed by atoms with Crippen molar-refractivity contribution in [2.75, 3.05) is 42.7 Å². The van der Waals surface area contributed by atoms with E-state index < -0.39 is 10.0 Å². The number of nitrogens with zero attached hydrogens (tertiary/aromatic N) is 3. The van der Waals surface area contributed by atoms with Crippen LogP contribution in [0.5, 0.6) is 0 Å². The first-order valence-electron chi connectivity index (χ1n) is 10.1. The largest absolute Gasteiger partial charge is 0.370 e. The van der Waals surface area contributed by atoms with Crippen LogP contribution in [0.1, 0.15) is 37.0 Å². The lowest BCUT2D eigenvalue weighted by atomic mass is 10.2. The van der Waals surface area contributed by atoms with Gasteiger partial charge in [0, 0.05) is 32.4 Å². The summed E-state index contributed by atoms with van der Waals surface area (Å²) in [4.78, 5) is 19.6. The summed E-state index contributed by atoms with van der Waals surface area (Å²) in [5.74, 6) is -0.301. The number of nitrogens with one attached hydrogen (secondary N) is 1. The Kier molecular flexibility index (Phi) is 7.38. The molecule has 2 aromatic rings.